The van der Waals surface area contributed by atoms with Crippen molar-refractivity contribution in [2.75, 3.05) is 0 Å². The number of hydrogen-bond acceptors (Lipinski definition) is 2. The lowest BCUT2D eigenvalue weighted by molar-refractivity contribution is 1.08. The van der Waals surface area contributed by atoms with Crippen LogP contribution in [-0.2, 0) is 0 Å². The fourth-order valence-corrected chi connectivity index (χ4v) is 7.45. The van der Waals surface area contributed by atoms with Gasteiger partial charge in [-0.25, -0.2) is 4.98 Å². The molecule has 0 fully saturated rings. The molecule has 6 aromatic carbocycles. The Hall–Kier alpha value is -6.78. The number of hydrogen-bond donors (Lipinski definition) is 0. The Labute approximate surface area is 289 Å². The number of para-hydroxylation sites is 2. The monoisotopic (exact) mass is 638 g/mol. The van der Waals surface area contributed by atoms with Crippen LogP contribution in [0, 0.1) is 0 Å². The third-order valence-corrected chi connectivity index (χ3v) is 9.76. The smallest absolute Gasteiger partial charge is 0.138 e. The van der Waals surface area contributed by atoms with E-state index in [2.05, 4.69) is 173 Å². The van der Waals surface area contributed by atoms with Gasteiger partial charge in [-0.2, -0.15) is 0 Å². The summed E-state index contributed by atoms with van der Waals surface area (Å²) in [4.78, 5) is 10.2. The molecule has 4 heterocycles. The fourth-order valence-electron chi connectivity index (χ4n) is 7.45. The van der Waals surface area contributed by atoms with Gasteiger partial charge in [0.15, 0.2) is 0 Å². The maximum absolute atomic E-state index is 5.33. The lowest BCUT2D eigenvalue weighted by Crippen LogP contribution is -2.00. The minimum atomic E-state index is 0.888. The molecule has 0 amide bonds. The minimum absolute atomic E-state index is 0.888. The fraction of sp³-hybridized carbons (Fsp3) is 0. The number of pyridine rings is 2. The first-order valence-electron chi connectivity index (χ1n) is 16.9. The topological polar surface area (TPSA) is 35.6 Å². The number of rotatable bonds is 5. The Morgan fingerprint density at radius 2 is 1.00 bits per heavy atom. The summed E-state index contributed by atoms with van der Waals surface area (Å²) in [6.07, 6.45) is 1.88. The summed E-state index contributed by atoms with van der Waals surface area (Å²) in [6.45, 7) is 0. The van der Waals surface area contributed by atoms with Gasteiger partial charge in [0.05, 0.1) is 33.3 Å². The zero-order valence-corrected chi connectivity index (χ0v) is 27.1. The van der Waals surface area contributed by atoms with Gasteiger partial charge in [-0.05, 0) is 82.9 Å². The molecule has 234 valence electrons. The number of benzene rings is 6. The predicted molar refractivity (Wildman–Crippen MR) is 207 cm³/mol. The normalized spacial score (nSPS) is 11.6. The first-order valence-corrected chi connectivity index (χ1v) is 16.9. The highest BCUT2D eigenvalue weighted by atomic mass is 15.1. The average Bonchev–Trinajstić information content (AvgIpc) is 3.71. The van der Waals surface area contributed by atoms with Crippen LogP contribution in [0.3, 0.4) is 0 Å². The van der Waals surface area contributed by atoms with Crippen LogP contribution in [0.25, 0.3) is 88.8 Å². The van der Waals surface area contributed by atoms with E-state index in [4.69, 9.17) is 9.97 Å². The van der Waals surface area contributed by atoms with E-state index in [0.29, 0.717) is 0 Å². The minimum Gasteiger partial charge on any atom is -0.308 e. The summed E-state index contributed by atoms with van der Waals surface area (Å²) < 4.78 is 4.63. The maximum atomic E-state index is 5.33. The highest BCUT2D eigenvalue weighted by Gasteiger charge is 2.18. The molecule has 0 spiro atoms. The molecule has 0 bridgehead atoms. The molecule has 50 heavy (non-hydrogen) atoms. The summed E-state index contributed by atoms with van der Waals surface area (Å²) >= 11 is 0. The first-order chi connectivity index (χ1) is 24.8. The summed E-state index contributed by atoms with van der Waals surface area (Å²) in [5.41, 5.74) is 13.2. The van der Waals surface area contributed by atoms with Gasteiger partial charge in [0.25, 0.3) is 0 Å². The van der Waals surface area contributed by atoms with Crippen LogP contribution in [0.1, 0.15) is 0 Å². The molecular weight excluding hydrogens is 609 g/mol. The van der Waals surface area contributed by atoms with Crippen LogP contribution in [-0.4, -0.2) is 19.1 Å². The first kappa shape index (κ1) is 28.3. The Morgan fingerprint density at radius 3 is 1.82 bits per heavy atom. The van der Waals surface area contributed by atoms with Gasteiger partial charge >= 0.3 is 0 Å². The summed E-state index contributed by atoms with van der Waals surface area (Å²) in [6, 6.07) is 62.3. The second kappa shape index (κ2) is 11.4. The van der Waals surface area contributed by atoms with Crippen molar-refractivity contribution in [2.45, 2.75) is 0 Å². The molecule has 10 rings (SSSR count). The molecular formula is C46H30N4. The van der Waals surface area contributed by atoms with Crippen molar-refractivity contribution in [2.24, 2.45) is 0 Å². The van der Waals surface area contributed by atoms with Crippen molar-refractivity contribution >= 4 is 43.7 Å². The van der Waals surface area contributed by atoms with E-state index in [1.54, 1.807) is 0 Å². The lowest BCUT2D eigenvalue weighted by Gasteiger charge is -2.13. The third-order valence-electron chi connectivity index (χ3n) is 9.76. The van der Waals surface area contributed by atoms with Gasteiger partial charge in [-0.3, -0.25) is 9.55 Å². The van der Waals surface area contributed by atoms with Crippen molar-refractivity contribution < 1.29 is 0 Å². The molecule has 0 atom stereocenters. The van der Waals surface area contributed by atoms with Crippen molar-refractivity contribution in [3.05, 3.63) is 182 Å². The van der Waals surface area contributed by atoms with E-state index >= 15 is 0 Å². The van der Waals surface area contributed by atoms with E-state index < -0.39 is 0 Å². The van der Waals surface area contributed by atoms with E-state index in [1.807, 2.05) is 18.3 Å². The summed E-state index contributed by atoms with van der Waals surface area (Å²) in [7, 11) is 0. The molecule has 4 nitrogen and oxygen atoms in total. The number of nitrogens with zero attached hydrogens (tertiary/aromatic N) is 4. The Bertz CT molecular complexity index is 2790. The predicted octanol–water partition coefficient (Wildman–Crippen LogP) is 11.7. The van der Waals surface area contributed by atoms with Crippen LogP contribution >= 0.6 is 0 Å². The second-order valence-electron chi connectivity index (χ2n) is 12.7. The van der Waals surface area contributed by atoms with Crippen LogP contribution < -0.4 is 0 Å². The molecule has 0 saturated heterocycles. The van der Waals surface area contributed by atoms with E-state index in [1.165, 1.54) is 10.8 Å². The molecule has 4 aromatic heterocycles. The second-order valence-corrected chi connectivity index (χ2v) is 12.7. The zero-order chi connectivity index (χ0) is 33.0. The van der Waals surface area contributed by atoms with E-state index in [-0.39, 0.29) is 0 Å². The van der Waals surface area contributed by atoms with Crippen molar-refractivity contribution in [3.63, 3.8) is 0 Å². The van der Waals surface area contributed by atoms with Crippen LogP contribution in [0.4, 0.5) is 0 Å². The molecule has 0 aliphatic heterocycles. The van der Waals surface area contributed by atoms with Gasteiger partial charge in [0, 0.05) is 33.6 Å². The molecule has 0 aliphatic rings. The Kier molecular flexibility index (Phi) is 6.46. The standard InChI is InChI=1S/C46H30N4/c1-4-13-31(14-5-1)35-28-40(32-15-6-2-7-16-32)48-45(30-35)50-41-20-11-10-19-37(41)38-24-22-34(29-44(38)50)33-23-25-42-39(27-33)46-43(21-12-26-47-46)49(42)36-17-8-3-9-18-36/h1-30H. The molecule has 0 saturated carbocycles. The summed E-state index contributed by atoms with van der Waals surface area (Å²) in [5.74, 6) is 0.888. The molecule has 0 radical (unpaired) electrons. The van der Waals surface area contributed by atoms with E-state index in [9.17, 15) is 0 Å². The van der Waals surface area contributed by atoms with E-state index in [0.717, 1.165) is 78.0 Å². The quantitative estimate of drug-likeness (QED) is 0.188. The van der Waals surface area contributed by atoms with Gasteiger partial charge in [0.1, 0.15) is 5.82 Å². The average molecular weight is 639 g/mol. The largest absolute Gasteiger partial charge is 0.308 e. The molecule has 4 heteroatoms. The lowest BCUT2D eigenvalue weighted by atomic mass is 10.0. The van der Waals surface area contributed by atoms with Gasteiger partial charge in [-0.15, -0.1) is 0 Å². The molecule has 0 unspecified atom stereocenters. The highest BCUT2D eigenvalue weighted by molar-refractivity contribution is 6.11. The Morgan fingerprint density at radius 1 is 0.360 bits per heavy atom. The SMILES string of the molecule is c1ccc(-c2cc(-c3ccccc3)nc(-n3c4ccccc4c4ccc(-c5ccc6c(c5)c5ncccc5n6-c5ccccc5)cc43)c2)cc1. The van der Waals surface area contributed by atoms with Crippen molar-refractivity contribution in [1.82, 2.24) is 19.1 Å². The molecule has 0 N–H and O–H groups in total. The molecule has 10 aromatic rings. The number of aromatic nitrogens is 4. The van der Waals surface area contributed by atoms with Crippen LogP contribution in [0.15, 0.2) is 182 Å². The van der Waals surface area contributed by atoms with Gasteiger partial charge in [-0.1, -0.05) is 115 Å². The van der Waals surface area contributed by atoms with Crippen molar-refractivity contribution in [3.8, 4) is 45.0 Å². The van der Waals surface area contributed by atoms with Gasteiger partial charge < -0.3 is 4.57 Å². The van der Waals surface area contributed by atoms with Crippen LogP contribution in [0.2, 0.25) is 0 Å². The van der Waals surface area contributed by atoms with Crippen LogP contribution in [0.5, 0.6) is 0 Å². The summed E-state index contributed by atoms with van der Waals surface area (Å²) in [5, 5.41) is 3.53. The maximum Gasteiger partial charge on any atom is 0.138 e. The molecule has 0 aliphatic carbocycles. The third kappa shape index (κ3) is 4.54. The highest BCUT2D eigenvalue weighted by Crippen LogP contribution is 2.38. The number of fused-ring (bicyclic) bond motifs is 6. The zero-order valence-electron chi connectivity index (χ0n) is 27.1. The Balaban J connectivity index is 1.20. The van der Waals surface area contributed by atoms with Gasteiger partial charge in [0.2, 0.25) is 0 Å². The van der Waals surface area contributed by atoms with Crippen molar-refractivity contribution in [1.29, 1.82) is 0 Å².